The van der Waals surface area contributed by atoms with Crippen LogP contribution in [-0.2, 0) is 0 Å². The Morgan fingerprint density at radius 3 is 2.76 bits per heavy atom. The number of aryl methyl sites for hydroxylation is 1. The quantitative estimate of drug-likeness (QED) is 0.770. The van der Waals surface area contributed by atoms with Gasteiger partial charge in [0, 0.05) is 18.0 Å². The van der Waals surface area contributed by atoms with Gasteiger partial charge in [-0.05, 0) is 18.9 Å². The van der Waals surface area contributed by atoms with E-state index in [0.717, 1.165) is 22.3 Å². The Hall–Kier alpha value is -2.63. The largest absolute Gasteiger partial charge is 0.451 e. The van der Waals surface area contributed by atoms with Gasteiger partial charge in [0.25, 0.3) is 0 Å². The Morgan fingerprint density at radius 2 is 2.05 bits per heavy atom. The van der Waals surface area contributed by atoms with Crippen molar-refractivity contribution in [2.45, 2.75) is 26.7 Å². The number of nitrogen functional groups attached to an aromatic ring is 1. The fourth-order valence-electron chi connectivity index (χ4n) is 2.19. The van der Waals surface area contributed by atoms with Crippen molar-refractivity contribution in [1.29, 1.82) is 0 Å². The molecule has 0 aliphatic rings. The van der Waals surface area contributed by atoms with Crippen molar-refractivity contribution < 1.29 is 4.74 Å². The molecule has 0 aliphatic carbocycles. The van der Waals surface area contributed by atoms with Crippen LogP contribution >= 0.6 is 0 Å². The Labute approximate surface area is 122 Å². The first kappa shape index (κ1) is 13.4. The third-order valence-corrected chi connectivity index (χ3v) is 3.30. The molecule has 0 aliphatic heterocycles. The van der Waals surface area contributed by atoms with E-state index in [2.05, 4.69) is 33.8 Å². The highest BCUT2D eigenvalue weighted by molar-refractivity contribution is 5.84. The van der Waals surface area contributed by atoms with Crippen molar-refractivity contribution in [3.8, 4) is 11.5 Å². The van der Waals surface area contributed by atoms with Gasteiger partial charge in [0.1, 0.15) is 17.2 Å². The Kier molecular flexibility index (Phi) is 3.21. The predicted octanol–water partition coefficient (Wildman–Crippen LogP) is 3.16. The lowest BCUT2D eigenvalue weighted by Gasteiger charge is -2.15. The lowest BCUT2D eigenvalue weighted by molar-refractivity contribution is 0.475. The van der Waals surface area contributed by atoms with Crippen molar-refractivity contribution in [3.63, 3.8) is 0 Å². The normalized spacial score (nSPS) is 11.2. The Bertz CT molecular complexity index is 794. The molecule has 0 radical (unpaired) electrons. The topological polar surface area (TPSA) is 89.7 Å². The average Bonchev–Trinajstić information content (AvgIpc) is 2.90. The maximum atomic E-state index is 6.02. The van der Waals surface area contributed by atoms with Crippen molar-refractivity contribution in [1.82, 2.24) is 19.9 Å². The molecule has 3 aromatic rings. The van der Waals surface area contributed by atoms with Crippen LogP contribution in [0.3, 0.4) is 0 Å². The zero-order valence-corrected chi connectivity index (χ0v) is 12.2. The zero-order chi connectivity index (χ0) is 15.0. The van der Waals surface area contributed by atoms with E-state index in [1.165, 1.54) is 0 Å². The van der Waals surface area contributed by atoms with Crippen LogP contribution in [0, 0.1) is 6.92 Å². The van der Waals surface area contributed by atoms with Gasteiger partial charge in [-0.2, -0.15) is 0 Å². The summed E-state index contributed by atoms with van der Waals surface area (Å²) < 4.78 is 6.02. The molecule has 0 unspecified atom stereocenters. The molecule has 6 nitrogen and oxygen atoms in total. The van der Waals surface area contributed by atoms with Gasteiger partial charge >= 0.3 is 0 Å². The molecule has 0 spiro atoms. The summed E-state index contributed by atoms with van der Waals surface area (Å²) in [6, 6.07) is 1.94. The van der Waals surface area contributed by atoms with Crippen LogP contribution in [0.5, 0.6) is 11.5 Å². The summed E-state index contributed by atoms with van der Waals surface area (Å²) in [7, 11) is 0. The number of hydrogen-bond donors (Lipinski definition) is 2. The monoisotopic (exact) mass is 283 g/mol. The number of rotatable bonds is 3. The van der Waals surface area contributed by atoms with Crippen LogP contribution in [0.15, 0.2) is 24.7 Å². The molecule has 108 valence electrons. The zero-order valence-electron chi connectivity index (χ0n) is 12.2. The summed E-state index contributed by atoms with van der Waals surface area (Å²) in [6.45, 7) is 5.98. The molecule has 0 amide bonds. The minimum absolute atomic E-state index is 0.277. The summed E-state index contributed by atoms with van der Waals surface area (Å²) >= 11 is 0. The van der Waals surface area contributed by atoms with E-state index in [1.54, 1.807) is 13.1 Å². The number of fused-ring (bicyclic) bond motifs is 1. The first-order valence-electron chi connectivity index (χ1n) is 6.79. The molecule has 0 aromatic carbocycles. The summed E-state index contributed by atoms with van der Waals surface area (Å²) in [5.74, 6) is 2.43. The Balaban J connectivity index is 2.14. The molecule has 3 heterocycles. The summed E-state index contributed by atoms with van der Waals surface area (Å²) in [6.07, 6.45) is 5.26. The van der Waals surface area contributed by atoms with Gasteiger partial charge in [-0.1, -0.05) is 13.8 Å². The highest BCUT2D eigenvalue weighted by Crippen LogP contribution is 2.37. The van der Waals surface area contributed by atoms with Gasteiger partial charge in [0.05, 0.1) is 11.6 Å². The SMILES string of the molecule is Cc1ncc(Oc2c(C(C)C)cnc3[nH]ccc23)c(N)n1. The van der Waals surface area contributed by atoms with Crippen LogP contribution in [0.2, 0.25) is 0 Å². The maximum absolute atomic E-state index is 6.02. The number of anilines is 1. The molecular formula is C15H17N5O. The second-order valence-electron chi connectivity index (χ2n) is 5.21. The molecule has 21 heavy (non-hydrogen) atoms. The lowest BCUT2D eigenvalue weighted by Crippen LogP contribution is -2.01. The number of aromatic amines is 1. The minimum atomic E-state index is 0.277. The van der Waals surface area contributed by atoms with Gasteiger partial charge in [-0.15, -0.1) is 0 Å². The number of hydrogen-bond acceptors (Lipinski definition) is 5. The van der Waals surface area contributed by atoms with Crippen LogP contribution in [0.4, 0.5) is 5.82 Å². The fraction of sp³-hybridized carbons (Fsp3) is 0.267. The van der Waals surface area contributed by atoms with E-state index in [-0.39, 0.29) is 5.92 Å². The number of pyridine rings is 1. The van der Waals surface area contributed by atoms with Crippen LogP contribution < -0.4 is 10.5 Å². The summed E-state index contributed by atoms with van der Waals surface area (Å²) in [5.41, 5.74) is 7.71. The molecule has 0 saturated heterocycles. The number of nitrogens with zero attached hydrogens (tertiary/aromatic N) is 3. The van der Waals surface area contributed by atoms with E-state index in [1.807, 2.05) is 18.5 Å². The van der Waals surface area contributed by atoms with Crippen molar-refractivity contribution in [2.75, 3.05) is 5.73 Å². The average molecular weight is 283 g/mol. The van der Waals surface area contributed by atoms with Gasteiger partial charge in [-0.3, -0.25) is 0 Å². The van der Waals surface area contributed by atoms with Gasteiger partial charge in [0.15, 0.2) is 11.6 Å². The van der Waals surface area contributed by atoms with Crippen molar-refractivity contribution >= 4 is 16.9 Å². The Morgan fingerprint density at radius 1 is 1.24 bits per heavy atom. The highest BCUT2D eigenvalue weighted by Gasteiger charge is 2.16. The van der Waals surface area contributed by atoms with Gasteiger partial charge in [-0.25, -0.2) is 15.0 Å². The number of aromatic nitrogens is 4. The standard InChI is InChI=1S/C15H17N5O/c1-8(2)11-6-19-15-10(4-5-17-15)13(11)21-12-7-18-9(3)20-14(12)16/h4-8H,1-3H3,(H,17,19)(H2,16,18,20). The van der Waals surface area contributed by atoms with Gasteiger partial charge in [0.2, 0.25) is 0 Å². The first-order valence-corrected chi connectivity index (χ1v) is 6.79. The third-order valence-electron chi connectivity index (χ3n) is 3.30. The molecule has 6 heteroatoms. The fourth-order valence-corrected chi connectivity index (χ4v) is 2.19. The lowest BCUT2D eigenvalue weighted by atomic mass is 10.0. The molecular weight excluding hydrogens is 266 g/mol. The highest BCUT2D eigenvalue weighted by atomic mass is 16.5. The summed E-state index contributed by atoms with van der Waals surface area (Å²) in [4.78, 5) is 15.8. The molecule has 0 saturated carbocycles. The maximum Gasteiger partial charge on any atom is 0.187 e. The number of nitrogens with two attached hydrogens (primary N) is 1. The van der Waals surface area contributed by atoms with Crippen LogP contribution in [-0.4, -0.2) is 19.9 Å². The molecule has 3 rings (SSSR count). The van der Waals surface area contributed by atoms with Crippen molar-refractivity contribution in [3.05, 3.63) is 36.0 Å². The van der Waals surface area contributed by atoms with Crippen LogP contribution in [0.1, 0.15) is 31.2 Å². The van der Waals surface area contributed by atoms with E-state index in [0.29, 0.717) is 17.4 Å². The second-order valence-corrected chi connectivity index (χ2v) is 5.21. The van der Waals surface area contributed by atoms with Crippen LogP contribution in [0.25, 0.3) is 11.0 Å². The second kappa shape index (κ2) is 5.05. The predicted molar refractivity (Wildman–Crippen MR) is 81.4 cm³/mol. The van der Waals surface area contributed by atoms with E-state index < -0.39 is 0 Å². The first-order chi connectivity index (χ1) is 10.1. The smallest absolute Gasteiger partial charge is 0.187 e. The van der Waals surface area contributed by atoms with E-state index in [9.17, 15) is 0 Å². The minimum Gasteiger partial charge on any atom is -0.451 e. The van der Waals surface area contributed by atoms with Gasteiger partial charge < -0.3 is 15.5 Å². The number of H-pyrrole nitrogens is 1. The molecule has 3 aromatic heterocycles. The van der Waals surface area contributed by atoms with Crippen molar-refractivity contribution in [2.24, 2.45) is 0 Å². The third kappa shape index (κ3) is 2.40. The molecule has 0 atom stereocenters. The number of nitrogens with one attached hydrogen (secondary N) is 1. The molecule has 3 N–H and O–H groups in total. The van der Waals surface area contributed by atoms with E-state index in [4.69, 9.17) is 10.5 Å². The van der Waals surface area contributed by atoms with E-state index >= 15 is 0 Å². The number of ether oxygens (including phenoxy) is 1. The molecule has 0 fully saturated rings. The molecule has 0 bridgehead atoms. The summed E-state index contributed by atoms with van der Waals surface area (Å²) in [5, 5.41) is 0.918.